The van der Waals surface area contributed by atoms with Crippen LogP contribution in [-0.2, 0) is 4.74 Å². The van der Waals surface area contributed by atoms with Crippen LogP contribution < -0.4 is 0 Å². The van der Waals surface area contributed by atoms with E-state index in [0.29, 0.717) is 11.0 Å². The van der Waals surface area contributed by atoms with Crippen molar-refractivity contribution >= 4 is 0 Å². The highest BCUT2D eigenvalue weighted by Crippen LogP contribution is 2.39. The van der Waals surface area contributed by atoms with E-state index in [1.54, 1.807) is 0 Å². The summed E-state index contributed by atoms with van der Waals surface area (Å²) in [4.78, 5) is 5.03. The Morgan fingerprint density at radius 2 is 1.29 bits per heavy atom. The number of nitrogens with zero attached hydrogens (tertiary/aromatic N) is 2. The molecule has 17 heavy (non-hydrogen) atoms. The smallest absolute Gasteiger partial charge is 0.0994 e. The molecule has 2 aliphatic rings. The molecule has 2 aliphatic heterocycles. The summed E-state index contributed by atoms with van der Waals surface area (Å²) in [6.07, 6.45) is 0. The van der Waals surface area contributed by atoms with Crippen molar-refractivity contribution < 1.29 is 4.74 Å². The summed E-state index contributed by atoms with van der Waals surface area (Å²) < 4.78 is 5.83. The summed E-state index contributed by atoms with van der Waals surface area (Å²) in [7, 11) is 0. The molecule has 0 saturated carbocycles. The summed E-state index contributed by atoms with van der Waals surface area (Å²) in [5.74, 6) is 0. The first kappa shape index (κ1) is 13.3. The van der Waals surface area contributed by atoms with E-state index in [1.165, 1.54) is 19.6 Å². The molecule has 100 valence electrons. The highest BCUT2D eigenvalue weighted by Gasteiger charge is 2.50. The number of rotatable bonds is 0. The molecule has 2 saturated heterocycles. The predicted molar refractivity (Wildman–Crippen MR) is 71.0 cm³/mol. The van der Waals surface area contributed by atoms with Gasteiger partial charge in [0.05, 0.1) is 13.3 Å². The molecule has 0 atom stereocenters. The first-order valence-electron chi connectivity index (χ1n) is 6.70. The summed E-state index contributed by atoms with van der Waals surface area (Å²) in [6, 6.07) is 0. The number of likely N-dealkylation sites (tertiary alicyclic amines) is 1. The van der Waals surface area contributed by atoms with Crippen LogP contribution in [0.4, 0.5) is 0 Å². The van der Waals surface area contributed by atoms with E-state index in [1.807, 2.05) is 0 Å². The molecule has 0 aromatic heterocycles. The molecule has 0 aromatic carbocycles. The van der Waals surface area contributed by atoms with Crippen LogP contribution in [0.5, 0.6) is 0 Å². The van der Waals surface area contributed by atoms with Crippen molar-refractivity contribution in [3.63, 3.8) is 0 Å². The molecule has 0 aromatic rings. The fourth-order valence-corrected chi connectivity index (χ4v) is 2.73. The lowest BCUT2D eigenvalue weighted by Gasteiger charge is -2.59. The third-order valence-electron chi connectivity index (χ3n) is 4.13. The Kier molecular flexibility index (Phi) is 3.08. The maximum absolute atomic E-state index is 5.83. The first-order valence-corrected chi connectivity index (χ1v) is 6.70. The topological polar surface area (TPSA) is 15.7 Å². The minimum atomic E-state index is 0.218. The monoisotopic (exact) mass is 240 g/mol. The van der Waals surface area contributed by atoms with Crippen LogP contribution in [-0.4, -0.2) is 53.8 Å². The lowest BCUT2D eigenvalue weighted by molar-refractivity contribution is -0.186. The van der Waals surface area contributed by atoms with E-state index in [2.05, 4.69) is 51.3 Å². The zero-order chi connectivity index (χ0) is 12.9. The van der Waals surface area contributed by atoms with Crippen molar-refractivity contribution in [2.75, 3.05) is 33.0 Å². The van der Waals surface area contributed by atoms with E-state index in [4.69, 9.17) is 4.74 Å². The molecule has 3 nitrogen and oxygen atoms in total. The molecular formula is C14H28N2O. The van der Waals surface area contributed by atoms with Crippen LogP contribution in [0.15, 0.2) is 0 Å². The molecule has 0 bridgehead atoms. The van der Waals surface area contributed by atoms with Gasteiger partial charge in [-0.15, -0.1) is 0 Å². The average molecular weight is 240 g/mol. The molecule has 0 amide bonds. The normalized spacial score (nSPS) is 27.2. The Morgan fingerprint density at radius 3 is 1.76 bits per heavy atom. The summed E-state index contributed by atoms with van der Waals surface area (Å²) in [6.45, 7) is 19.0. The standard InChI is InChI=1S/C14H28N2O/c1-12(2,3)15-7-14(8-15)9-16(11-17-10-14)13(4,5)6/h7-11H2,1-6H3. The SMILES string of the molecule is CC(C)(C)N1COCC2(C1)CN(C(C)(C)C)C2. The van der Waals surface area contributed by atoms with Gasteiger partial charge in [0.25, 0.3) is 0 Å². The largest absolute Gasteiger partial charge is 0.365 e. The minimum absolute atomic E-state index is 0.218. The highest BCUT2D eigenvalue weighted by molar-refractivity contribution is 5.03. The van der Waals surface area contributed by atoms with Gasteiger partial charge in [-0.3, -0.25) is 9.80 Å². The molecule has 2 rings (SSSR count). The van der Waals surface area contributed by atoms with Gasteiger partial charge in [0.2, 0.25) is 0 Å². The molecule has 3 heteroatoms. The van der Waals surface area contributed by atoms with Gasteiger partial charge in [0, 0.05) is 36.1 Å². The molecule has 0 unspecified atom stereocenters. The Bertz CT molecular complexity index is 282. The van der Waals surface area contributed by atoms with Gasteiger partial charge in [0.1, 0.15) is 0 Å². The molecule has 0 N–H and O–H groups in total. The van der Waals surface area contributed by atoms with E-state index in [9.17, 15) is 0 Å². The Morgan fingerprint density at radius 1 is 0.824 bits per heavy atom. The van der Waals surface area contributed by atoms with Gasteiger partial charge in [-0.1, -0.05) is 0 Å². The van der Waals surface area contributed by atoms with Crippen LogP contribution in [0.2, 0.25) is 0 Å². The number of hydrogen-bond acceptors (Lipinski definition) is 3. The fraction of sp³-hybridized carbons (Fsp3) is 1.00. The fourth-order valence-electron chi connectivity index (χ4n) is 2.73. The molecule has 2 heterocycles. The lowest BCUT2D eigenvalue weighted by Crippen LogP contribution is -2.70. The molecule has 0 aliphatic carbocycles. The Balaban J connectivity index is 1.96. The second-order valence-electron chi connectivity index (χ2n) is 7.87. The molecule has 0 radical (unpaired) electrons. The zero-order valence-electron chi connectivity index (χ0n) is 12.3. The maximum Gasteiger partial charge on any atom is 0.0994 e. The van der Waals surface area contributed by atoms with Crippen LogP contribution in [0.25, 0.3) is 0 Å². The van der Waals surface area contributed by atoms with Crippen molar-refractivity contribution in [2.24, 2.45) is 5.41 Å². The van der Waals surface area contributed by atoms with Gasteiger partial charge in [-0.05, 0) is 41.5 Å². The summed E-state index contributed by atoms with van der Waals surface area (Å²) in [5, 5.41) is 0. The van der Waals surface area contributed by atoms with E-state index in [-0.39, 0.29) is 5.54 Å². The zero-order valence-corrected chi connectivity index (χ0v) is 12.3. The van der Waals surface area contributed by atoms with Crippen LogP contribution in [0.3, 0.4) is 0 Å². The van der Waals surface area contributed by atoms with Crippen LogP contribution >= 0.6 is 0 Å². The van der Waals surface area contributed by atoms with E-state index >= 15 is 0 Å². The van der Waals surface area contributed by atoms with Crippen molar-refractivity contribution in [3.8, 4) is 0 Å². The second kappa shape index (κ2) is 3.94. The molecule has 2 fully saturated rings. The third-order valence-corrected chi connectivity index (χ3v) is 4.13. The second-order valence-corrected chi connectivity index (χ2v) is 7.87. The van der Waals surface area contributed by atoms with Crippen molar-refractivity contribution in [2.45, 2.75) is 52.6 Å². The van der Waals surface area contributed by atoms with Gasteiger partial charge < -0.3 is 4.74 Å². The predicted octanol–water partition coefficient (Wildman–Crippen LogP) is 2.18. The maximum atomic E-state index is 5.83. The summed E-state index contributed by atoms with van der Waals surface area (Å²) >= 11 is 0. The van der Waals surface area contributed by atoms with Gasteiger partial charge in [0.15, 0.2) is 0 Å². The van der Waals surface area contributed by atoms with Crippen molar-refractivity contribution in [1.82, 2.24) is 9.80 Å². The van der Waals surface area contributed by atoms with Gasteiger partial charge >= 0.3 is 0 Å². The van der Waals surface area contributed by atoms with Crippen LogP contribution in [0, 0.1) is 5.41 Å². The minimum Gasteiger partial charge on any atom is -0.365 e. The third kappa shape index (κ3) is 2.67. The first-order chi connectivity index (χ1) is 7.62. The van der Waals surface area contributed by atoms with Crippen molar-refractivity contribution in [1.29, 1.82) is 0 Å². The Hall–Kier alpha value is -0.120. The molecular weight excluding hydrogens is 212 g/mol. The Labute approximate surface area is 106 Å². The van der Waals surface area contributed by atoms with Gasteiger partial charge in [-0.2, -0.15) is 0 Å². The lowest BCUT2D eigenvalue weighted by atomic mass is 9.76. The highest BCUT2D eigenvalue weighted by atomic mass is 16.5. The number of ether oxygens (including phenoxy) is 1. The van der Waals surface area contributed by atoms with E-state index < -0.39 is 0 Å². The summed E-state index contributed by atoms with van der Waals surface area (Å²) in [5.41, 5.74) is 0.906. The average Bonchev–Trinajstić information content (AvgIpc) is 2.11. The van der Waals surface area contributed by atoms with E-state index in [0.717, 1.165) is 13.3 Å². The molecule has 1 spiro atoms. The van der Waals surface area contributed by atoms with Gasteiger partial charge in [-0.25, -0.2) is 0 Å². The van der Waals surface area contributed by atoms with Crippen LogP contribution in [0.1, 0.15) is 41.5 Å². The quantitative estimate of drug-likeness (QED) is 0.645. The van der Waals surface area contributed by atoms with Crippen molar-refractivity contribution in [3.05, 3.63) is 0 Å². The number of hydrogen-bond donors (Lipinski definition) is 0.